The fraction of sp³-hybridized carbons (Fsp3) is 0. The van der Waals surface area contributed by atoms with E-state index in [1.807, 2.05) is 0 Å². The lowest BCUT2D eigenvalue weighted by Crippen LogP contribution is -2.13. The van der Waals surface area contributed by atoms with Crippen LogP contribution in [0.15, 0.2) is 41.3 Å². The van der Waals surface area contributed by atoms with E-state index in [-0.39, 0.29) is 21.3 Å². The van der Waals surface area contributed by atoms with Crippen molar-refractivity contribution in [1.82, 2.24) is 0 Å². The van der Waals surface area contributed by atoms with Gasteiger partial charge in [0.2, 0.25) is 0 Å². The molecule has 3 N–H and O–H groups in total. The number of sulfonamides is 1. The highest BCUT2D eigenvalue weighted by atomic mass is 35.5. The summed E-state index contributed by atoms with van der Waals surface area (Å²) in [7, 11) is -4.04. The van der Waals surface area contributed by atoms with Crippen LogP contribution < -0.4 is 10.5 Å². The highest BCUT2D eigenvalue weighted by Gasteiger charge is 2.17. The second-order valence-electron chi connectivity index (χ2n) is 3.91. The van der Waals surface area contributed by atoms with Crippen LogP contribution in [0.2, 0.25) is 5.02 Å². The topological polar surface area (TPSA) is 72.2 Å². The predicted molar refractivity (Wildman–Crippen MR) is 73.0 cm³/mol. The van der Waals surface area contributed by atoms with Crippen molar-refractivity contribution >= 4 is 33.0 Å². The summed E-state index contributed by atoms with van der Waals surface area (Å²) in [5.74, 6) is -1.45. The second-order valence-corrected chi connectivity index (χ2v) is 6.00. The summed E-state index contributed by atoms with van der Waals surface area (Å²) in [6, 6.07) is 6.25. The average Bonchev–Trinajstić information content (AvgIpc) is 2.36. The summed E-state index contributed by atoms with van der Waals surface area (Å²) in [4.78, 5) is -0.315. The van der Waals surface area contributed by atoms with Crippen LogP contribution >= 0.6 is 11.6 Å². The molecule has 0 heterocycles. The van der Waals surface area contributed by atoms with Gasteiger partial charge in [-0.2, -0.15) is 0 Å². The summed E-state index contributed by atoms with van der Waals surface area (Å²) in [6.07, 6.45) is 0. The third-order valence-corrected chi connectivity index (χ3v) is 4.13. The standard InChI is InChI=1S/C12H9ClF2N2O2S/c13-9-5-7(14)1-4-12(9)17-20(18,19)8-2-3-11(16)10(15)6-8/h1-6,17H,16H2. The Morgan fingerprint density at radius 3 is 2.40 bits per heavy atom. The van der Waals surface area contributed by atoms with Gasteiger partial charge in [-0.1, -0.05) is 11.6 Å². The number of hydrogen-bond donors (Lipinski definition) is 2. The molecule has 0 unspecified atom stereocenters. The van der Waals surface area contributed by atoms with Crippen molar-refractivity contribution in [2.24, 2.45) is 0 Å². The van der Waals surface area contributed by atoms with Gasteiger partial charge in [-0.25, -0.2) is 17.2 Å². The maximum absolute atomic E-state index is 13.3. The van der Waals surface area contributed by atoms with Crippen LogP contribution in [-0.2, 0) is 10.0 Å². The summed E-state index contributed by atoms with van der Waals surface area (Å²) < 4.78 is 52.4. The Hall–Kier alpha value is -1.86. The van der Waals surface area contributed by atoms with Gasteiger partial charge >= 0.3 is 0 Å². The van der Waals surface area contributed by atoms with E-state index in [1.54, 1.807) is 0 Å². The van der Waals surface area contributed by atoms with Crippen molar-refractivity contribution in [2.45, 2.75) is 4.90 Å². The van der Waals surface area contributed by atoms with E-state index >= 15 is 0 Å². The molecule has 4 nitrogen and oxygen atoms in total. The van der Waals surface area contributed by atoms with Crippen LogP contribution in [0.5, 0.6) is 0 Å². The molecule has 0 atom stereocenters. The van der Waals surface area contributed by atoms with Crippen LogP contribution in [0.4, 0.5) is 20.2 Å². The van der Waals surface area contributed by atoms with Gasteiger partial charge in [0.1, 0.15) is 11.6 Å². The second kappa shape index (κ2) is 5.26. The molecule has 106 valence electrons. The lowest BCUT2D eigenvalue weighted by molar-refractivity contribution is 0.596. The smallest absolute Gasteiger partial charge is 0.262 e. The normalized spacial score (nSPS) is 11.3. The molecule has 0 aromatic heterocycles. The largest absolute Gasteiger partial charge is 0.396 e. The third-order valence-electron chi connectivity index (χ3n) is 2.46. The SMILES string of the molecule is Nc1ccc(S(=O)(=O)Nc2ccc(F)cc2Cl)cc1F. The quantitative estimate of drug-likeness (QED) is 0.854. The minimum Gasteiger partial charge on any atom is -0.396 e. The molecule has 0 aliphatic carbocycles. The first-order valence-electron chi connectivity index (χ1n) is 5.32. The molecule has 0 spiro atoms. The van der Waals surface area contributed by atoms with E-state index in [0.29, 0.717) is 0 Å². The van der Waals surface area contributed by atoms with Gasteiger partial charge < -0.3 is 5.73 Å². The number of hydrogen-bond acceptors (Lipinski definition) is 3. The zero-order valence-corrected chi connectivity index (χ0v) is 11.5. The number of nitrogens with two attached hydrogens (primary N) is 1. The molecule has 8 heteroatoms. The van der Waals surface area contributed by atoms with E-state index in [4.69, 9.17) is 17.3 Å². The Labute approximate surface area is 119 Å². The summed E-state index contributed by atoms with van der Waals surface area (Å²) in [6.45, 7) is 0. The molecule has 0 aliphatic heterocycles. The van der Waals surface area contributed by atoms with E-state index in [0.717, 1.165) is 30.3 Å². The fourth-order valence-corrected chi connectivity index (χ4v) is 2.81. The molecule has 2 aromatic carbocycles. The van der Waals surface area contributed by atoms with Gasteiger partial charge in [0.05, 0.1) is 21.3 Å². The Morgan fingerprint density at radius 1 is 1.10 bits per heavy atom. The zero-order valence-electron chi connectivity index (χ0n) is 9.90. The number of anilines is 2. The molecular formula is C12H9ClF2N2O2S. The van der Waals surface area contributed by atoms with Crippen molar-refractivity contribution in [3.8, 4) is 0 Å². The Balaban J connectivity index is 2.38. The van der Waals surface area contributed by atoms with Crippen LogP contribution in [0.1, 0.15) is 0 Å². The molecule has 0 aliphatic rings. The molecule has 2 aromatic rings. The molecular weight excluding hydrogens is 310 g/mol. The van der Waals surface area contributed by atoms with E-state index in [2.05, 4.69) is 4.72 Å². The lowest BCUT2D eigenvalue weighted by Gasteiger charge is -2.10. The zero-order chi connectivity index (χ0) is 14.9. The monoisotopic (exact) mass is 318 g/mol. The molecule has 0 saturated carbocycles. The number of nitrogens with one attached hydrogen (secondary N) is 1. The Morgan fingerprint density at radius 2 is 1.80 bits per heavy atom. The minimum atomic E-state index is -4.04. The predicted octanol–water partition coefficient (Wildman–Crippen LogP) is 3.00. The van der Waals surface area contributed by atoms with Crippen molar-refractivity contribution in [3.63, 3.8) is 0 Å². The van der Waals surface area contributed by atoms with E-state index < -0.39 is 21.7 Å². The van der Waals surface area contributed by atoms with Crippen molar-refractivity contribution in [2.75, 3.05) is 10.5 Å². The Kier molecular flexibility index (Phi) is 3.82. The van der Waals surface area contributed by atoms with E-state index in [1.165, 1.54) is 6.07 Å². The highest BCUT2D eigenvalue weighted by Crippen LogP contribution is 2.26. The fourth-order valence-electron chi connectivity index (χ4n) is 1.45. The average molecular weight is 319 g/mol. The van der Waals surface area contributed by atoms with Crippen molar-refractivity contribution < 1.29 is 17.2 Å². The summed E-state index contributed by atoms with van der Waals surface area (Å²) >= 11 is 5.72. The first-order valence-corrected chi connectivity index (χ1v) is 7.18. The molecule has 2 rings (SSSR count). The van der Waals surface area contributed by atoms with Gasteiger partial charge in [0.25, 0.3) is 10.0 Å². The van der Waals surface area contributed by atoms with Gasteiger partial charge in [0.15, 0.2) is 0 Å². The number of halogens is 3. The van der Waals surface area contributed by atoms with Crippen LogP contribution in [0, 0.1) is 11.6 Å². The molecule has 0 bridgehead atoms. The summed E-state index contributed by atoms with van der Waals surface area (Å²) in [5, 5.41) is -0.107. The van der Waals surface area contributed by atoms with Crippen molar-refractivity contribution in [1.29, 1.82) is 0 Å². The Bertz CT molecular complexity index is 766. The third kappa shape index (κ3) is 3.00. The van der Waals surface area contributed by atoms with Gasteiger partial charge in [-0.15, -0.1) is 0 Å². The number of rotatable bonds is 3. The summed E-state index contributed by atoms with van der Waals surface area (Å²) in [5.41, 5.74) is 5.10. The number of nitrogen functional groups attached to an aromatic ring is 1. The number of benzene rings is 2. The first kappa shape index (κ1) is 14.5. The lowest BCUT2D eigenvalue weighted by atomic mass is 10.3. The first-order chi connectivity index (χ1) is 9.29. The van der Waals surface area contributed by atoms with Crippen LogP contribution in [0.3, 0.4) is 0 Å². The van der Waals surface area contributed by atoms with Crippen molar-refractivity contribution in [3.05, 3.63) is 53.1 Å². The molecule has 0 saturated heterocycles. The maximum atomic E-state index is 13.3. The minimum absolute atomic E-state index is 0.00898. The van der Waals surface area contributed by atoms with Gasteiger partial charge in [0, 0.05) is 0 Å². The van der Waals surface area contributed by atoms with E-state index in [9.17, 15) is 17.2 Å². The van der Waals surface area contributed by atoms with Gasteiger partial charge in [-0.3, -0.25) is 4.72 Å². The molecule has 20 heavy (non-hydrogen) atoms. The van der Waals surface area contributed by atoms with Crippen LogP contribution in [0.25, 0.3) is 0 Å². The molecule has 0 amide bonds. The van der Waals surface area contributed by atoms with Crippen LogP contribution in [-0.4, -0.2) is 8.42 Å². The highest BCUT2D eigenvalue weighted by molar-refractivity contribution is 7.92. The van der Waals surface area contributed by atoms with Gasteiger partial charge in [-0.05, 0) is 36.4 Å². The molecule has 0 fully saturated rings. The maximum Gasteiger partial charge on any atom is 0.262 e. The molecule has 0 radical (unpaired) electrons.